The van der Waals surface area contributed by atoms with Gasteiger partial charge in [-0.2, -0.15) is 11.8 Å². The molecule has 132 valence electrons. The second-order valence-corrected chi connectivity index (χ2v) is 6.60. The van der Waals surface area contributed by atoms with Crippen molar-refractivity contribution in [2.75, 3.05) is 38.8 Å². The fourth-order valence-electron chi connectivity index (χ4n) is 2.60. The highest BCUT2D eigenvalue weighted by atomic mass is 127. The molecule has 0 radical (unpaired) electrons. The van der Waals surface area contributed by atoms with Crippen molar-refractivity contribution < 1.29 is 4.74 Å². The molecule has 0 heterocycles. The van der Waals surface area contributed by atoms with Gasteiger partial charge in [-0.15, -0.1) is 24.0 Å². The van der Waals surface area contributed by atoms with E-state index in [1.807, 2.05) is 18.8 Å². The molecule has 0 aromatic rings. The van der Waals surface area contributed by atoms with E-state index in [4.69, 9.17) is 4.74 Å². The van der Waals surface area contributed by atoms with Gasteiger partial charge in [0.15, 0.2) is 5.96 Å². The zero-order valence-electron chi connectivity index (χ0n) is 14.2. The number of guanidine groups is 1. The SMILES string of the molecule is CN=C(NCCCCSC)NCCOC1CCCCCC1.I. The van der Waals surface area contributed by atoms with Crippen molar-refractivity contribution in [2.45, 2.75) is 57.5 Å². The second-order valence-electron chi connectivity index (χ2n) is 5.61. The van der Waals surface area contributed by atoms with E-state index in [9.17, 15) is 0 Å². The van der Waals surface area contributed by atoms with Crippen LogP contribution in [0.15, 0.2) is 4.99 Å². The minimum Gasteiger partial charge on any atom is -0.376 e. The van der Waals surface area contributed by atoms with E-state index < -0.39 is 0 Å². The van der Waals surface area contributed by atoms with Gasteiger partial charge < -0.3 is 15.4 Å². The van der Waals surface area contributed by atoms with E-state index >= 15 is 0 Å². The molecule has 0 saturated heterocycles. The largest absolute Gasteiger partial charge is 0.376 e. The summed E-state index contributed by atoms with van der Waals surface area (Å²) in [7, 11) is 1.82. The number of nitrogens with zero attached hydrogens (tertiary/aromatic N) is 1. The van der Waals surface area contributed by atoms with Gasteiger partial charge in [0, 0.05) is 20.1 Å². The first kappa shape index (κ1) is 22.3. The Balaban J connectivity index is 0.00000441. The second kappa shape index (κ2) is 16.2. The van der Waals surface area contributed by atoms with Crippen molar-refractivity contribution in [3.63, 3.8) is 0 Å². The van der Waals surface area contributed by atoms with Gasteiger partial charge in [0.05, 0.1) is 12.7 Å². The molecule has 0 amide bonds. The molecule has 1 aliphatic carbocycles. The monoisotopic (exact) mass is 443 g/mol. The van der Waals surface area contributed by atoms with Crippen LogP contribution in [-0.4, -0.2) is 50.8 Å². The van der Waals surface area contributed by atoms with E-state index in [0.29, 0.717) is 6.10 Å². The molecule has 0 aromatic carbocycles. The maximum absolute atomic E-state index is 5.97. The molecule has 22 heavy (non-hydrogen) atoms. The molecule has 4 nitrogen and oxygen atoms in total. The Hall–Kier alpha value is 0.310. The Morgan fingerprint density at radius 3 is 2.41 bits per heavy atom. The maximum Gasteiger partial charge on any atom is 0.191 e. The fraction of sp³-hybridized carbons (Fsp3) is 0.938. The average Bonchev–Trinajstić information content (AvgIpc) is 2.78. The molecule has 0 atom stereocenters. The lowest BCUT2D eigenvalue weighted by Crippen LogP contribution is -2.39. The molecular formula is C16H34IN3OS. The first-order chi connectivity index (χ1) is 10.4. The highest BCUT2D eigenvalue weighted by Gasteiger charge is 2.11. The predicted molar refractivity (Wildman–Crippen MR) is 110 cm³/mol. The number of hydrogen-bond acceptors (Lipinski definition) is 3. The number of unbranched alkanes of at least 4 members (excludes halogenated alkanes) is 1. The molecule has 6 heteroatoms. The molecule has 1 saturated carbocycles. The first-order valence-electron chi connectivity index (χ1n) is 8.42. The standard InChI is InChI=1S/C16H33N3OS.HI/c1-17-16(18-11-7-8-14-21-2)19-12-13-20-15-9-5-3-4-6-10-15;/h15H,3-14H2,1-2H3,(H2,17,18,19);1H. The van der Waals surface area contributed by atoms with Crippen LogP contribution in [0.25, 0.3) is 0 Å². The Labute approximate surface area is 158 Å². The predicted octanol–water partition coefficient (Wildman–Crippen LogP) is 3.65. The Morgan fingerprint density at radius 2 is 1.77 bits per heavy atom. The minimum absolute atomic E-state index is 0. The Morgan fingerprint density at radius 1 is 1.09 bits per heavy atom. The van der Waals surface area contributed by atoms with Crippen molar-refractivity contribution in [3.8, 4) is 0 Å². The van der Waals surface area contributed by atoms with Crippen LogP contribution >= 0.6 is 35.7 Å². The fourth-order valence-corrected chi connectivity index (χ4v) is 3.10. The Kier molecular flexibility index (Phi) is 16.4. The van der Waals surface area contributed by atoms with E-state index in [0.717, 1.165) is 25.7 Å². The molecule has 0 aliphatic heterocycles. The van der Waals surface area contributed by atoms with E-state index in [2.05, 4.69) is 21.9 Å². The summed E-state index contributed by atoms with van der Waals surface area (Å²) < 4.78 is 5.97. The molecule has 0 aromatic heterocycles. The summed E-state index contributed by atoms with van der Waals surface area (Å²) in [6, 6.07) is 0. The van der Waals surface area contributed by atoms with Gasteiger partial charge in [-0.1, -0.05) is 25.7 Å². The lowest BCUT2D eigenvalue weighted by Gasteiger charge is -2.16. The zero-order chi connectivity index (χ0) is 15.2. The van der Waals surface area contributed by atoms with Crippen molar-refractivity contribution in [2.24, 2.45) is 4.99 Å². The van der Waals surface area contributed by atoms with Gasteiger partial charge in [0.25, 0.3) is 0 Å². The van der Waals surface area contributed by atoms with E-state index in [1.165, 1.54) is 57.1 Å². The Bertz CT molecular complexity index is 272. The van der Waals surface area contributed by atoms with Crippen LogP contribution in [0.5, 0.6) is 0 Å². The molecular weight excluding hydrogens is 409 g/mol. The van der Waals surface area contributed by atoms with Crippen molar-refractivity contribution in [1.82, 2.24) is 10.6 Å². The van der Waals surface area contributed by atoms with Crippen LogP contribution in [0.4, 0.5) is 0 Å². The summed E-state index contributed by atoms with van der Waals surface area (Å²) in [5.41, 5.74) is 0. The van der Waals surface area contributed by atoms with Gasteiger partial charge in [-0.05, 0) is 37.7 Å². The number of halogens is 1. The quantitative estimate of drug-likeness (QED) is 0.188. The molecule has 2 N–H and O–H groups in total. The smallest absolute Gasteiger partial charge is 0.191 e. The van der Waals surface area contributed by atoms with Gasteiger partial charge in [-0.3, -0.25) is 4.99 Å². The number of hydrogen-bond donors (Lipinski definition) is 2. The molecule has 1 fully saturated rings. The van der Waals surface area contributed by atoms with Gasteiger partial charge in [-0.25, -0.2) is 0 Å². The van der Waals surface area contributed by atoms with Crippen LogP contribution in [-0.2, 0) is 4.74 Å². The van der Waals surface area contributed by atoms with Crippen LogP contribution < -0.4 is 10.6 Å². The highest BCUT2D eigenvalue weighted by Crippen LogP contribution is 2.19. The molecule has 0 unspecified atom stereocenters. The number of thioether (sulfide) groups is 1. The third-order valence-corrected chi connectivity index (χ3v) is 4.54. The van der Waals surface area contributed by atoms with Crippen molar-refractivity contribution in [3.05, 3.63) is 0 Å². The summed E-state index contributed by atoms with van der Waals surface area (Å²) >= 11 is 1.91. The number of rotatable bonds is 9. The maximum atomic E-state index is 5.97. The van der Waals surface area contributed by atoms with Crippen LogP contribution in [0.1, 0.15) is 51.4 Å². The summed E-state index contributed by atoms with van der Waals surface area (Å²) in [4.78, 5) is 4.24. The van der Waals surface area contributed by atoms with Crippen LogP contribution in [0.2, 0.25) is 0 Å². The van der Waals surface area contributed by atoms with Crippen molar-refractivity contribution in [1.29, 1.82) is 0 Å². The average molecular weight is 443 g/mol. The summed E-state index contributed by atoms with van der Waals surface area (Å²) in [5, 5.41) is 6.68. The highest BCUT2D eigenvalue weighted by molar-refractivity contribution is 14.0. The first-order valence-corrected chi connectivity index (χ1v) is 9.81. The minimum atomic E-state index is 0. The van der Waals surface area contributed by atoms with Gasteiger partial charge in [0.2, 0.25) is 0 Å². The van der Waals surface area contributed by atoms with Gasteiger partial charge in [0.1, 0.15) is 0 Å². The molecule has 1 rings (SSSR count). The lowest BCUT2D eigenvalue weighted by atomic mass is 10.1. The van der Waals surface area contributed by atoms with Gasteiger partial charge >= 0.3 is 0 Å². The third-order valence-electron chi connectivity index (χ3n) is 3.84. The summed E-state index contributed by atoms with van der Waals surface area (Å²) in [5.74, 6) is 2.13. The molecule has 0 bridgehead atoms. The number of ether oxygens (including phenoxy) is 1. The molecule has 1 aliphatic rings. The number of nitrogens with one attached hydrogen (secondary N) is 2. The lowest BCUT2D eigenvalue weighted by molar-refractivity contribution is 0.0468. The van der Waals surface area contributed by atoms with Crippen LogP contribution in [0, 0.1) is 0 Å². The van der Waals surface area contributed by atoms with E-state index in [-0.39, 0.29) is 24.0 Å². The molecule has 0 spiro atoms. The zero-order valence-corrected chi connectivity index (χ0v) is 17.4. The normalized spacial score (nSPS) is 16.7. The summed E-state index contributed by atoms with van der Waals surface area (Å²) in [6.07, 6.45) is 13.0. The van der Waals surface area contributed by atoms with E-state index in [1.54, 1.807) is 0 Å². The topological polar surface area (TPSA) is 45.7 Å². The van der Waals surface area contributed by atoms with Crippen molar-refractivity contribution >= 4 is 41.7 Å². The van der Waals surface area contributed by atoms with Crippen LogP contribution in [0.3, 0.4) is 0 Å². The number of aliphatic imine (C=N–C) groups is 1. The summed E-state index contributed by atoms with van der Waals surface area (Å²) in [6.45, 7) is 2.60. The third kappa shape index (κ3) is 11.8.